The lowest BCUT2D eigenvalue weighted by Gasteiger charge is -2.48. The maximum atomic E-state index is 13.0. The molecule has 25 heteroatoms. The summed E-state index contributed by atoms with van der Waals surface area (Å²) in [5.74, 6) is 0. The first kappa shape index (κ1) is 42.1. The third kappa shape index (κ3) is 8.98. The summed E-state index contributed by atoms with van der Waals surface area (Å²) in [5.41, 5.74) is 0. The first-order chi connectivity index (χ1) is 23.5. The number of aliphatic hydroxyl groups excluding tert-OH is 13. The van der Waals surface area contributed by atoms with E-state index in [1.165, 1.54) is 0 Å². The van der Waals surface area contributed by atoms with E-state index in [4.69, 9.17) is 42.2 Å². The van der Waals surface area contributed by atoms with Crippen molar-refractivity contribution < 1.29 is 118 Å². The molecule has 0 spiro atoms. The number of methoxy groups -OCH3 is 1. The van der Waals surface area contributed by atoms with Crippen molar-refractivity contribution in [3.8, 4) is 0 Å². The number of rotatable bonds is 13. The second-order valence-electron chi connectivity index (χ2n) is 11.9. The van der Waals surface area contributed by atoms with Gasteiger partial charge < -0.3 is 104 Å². The van der Waals surface area contributed by atoms with Crippen LogP contribution in [0.4, 0.5) is 0 Å². The summed E-state index contributed by atoms with van der Waals surface area (Å²) in [6.45, 7) is -3.78. The van der Waals surface area contributed by atoms with Crippen LogP contribution >= 0.6 is 7.82 Å². The van der Waals surface area contributed by atoms with Crippen molar-refractivity contribution in [2.75, 3.05) is 33.5 Å². The molecule has 0 saturated carbocycles. The quantitative estimate of drug-likeness (QED) is 0.0775. The smallest absolute Gasteiger partial charge is 0.394 e. The Morgan fingerprint density at radius 1 is 0.500 bits per heavy atom. The molecule has 4 rings (SSSR count). The lowest BCUT2D eigenvalue weighted by Crippen LogP contribution is -2.67. The second-order valence-corrected chi connectivity index (χ2v) is 13.3. The molecule has 14 N–H and O–H groups in total. The van der Waals surface area contributed by atoms with Crippen LogP contribution in [-0.2, 0) is 46.8 Å². The monoisotopic (exact) mass is 760 g/mol. The lowest BCUT2D eigenvalue weighted by atomic mass is 9.96. The zero-order valence-corrected chi connectivity index (χ0v) is 27.1. The molecule has 50 heavy (non-hydrogen) atoms. The predicted octanol–water partition coefficient (Wildman–Crippen LogP) is -8.98. The van der Waals surface area contributed by atoms with E-state index in [9.17, 15) is 75.8 Å². The van der Waals surface area contributed by atoms with Gasteiger partial charge in [-0.3, -0.25) is 9.05 Å². The van der Waals surface area contributed by atoms with Crippen molar-refractivity contribution in [2.45, 2.75) is 123 Å². The van der Waals surface area contributed by atoms with E-state index in [0.717, 1.165) is 7.11 Å². The van der Waals surface area contributed by atoms with Crippen molar-refractivity contribution in [1.29, 1.82) is 0 Å². The lowest BCUT2D eigenvalue weighted by molar-refractivity contribution is -0.389. The molecule has 4 aliphatic heterocycles. The minimum atomic E-state index is -5.39. The van der Waals surface area contributed by atoms with Crippen molar-refractivity contribution in [3.05, 3.63) is 0 Å². The number of phosphoric acid groups is 1. The van der Waals surface area contributed by atoms with Crippen LogP contribution in [0, 0.1) is 0 Å². The fourth-order valence-electron chi connectivity index (χ4n) is 5.66. The van der Waals surface area contributed by atoms with Gasteiger partial charge in [0.25, 0.3) is 0 Å². The van der Waals surface area contributed by atoms with Crippen molar-refractivity contribution >= 4 is 7.82 Å². The molecule has 4 saturated heterocycles. The highest BCUT2D eigenvalue weighted by molar-refractivity contribution is 7.47. The van der Waals surface area contributed by atoms with E-state index in [0.29, 0.717) is 0 Å². The highest BCUT2D eigenvalue weighted by atomic mass is 31.2. The van der Waals surface area contributed by atoms with Gasteiger partial charge in [-0.1, -0.05) is 0 Å². The number of phosphoric ester groups is 1. The Morgan fingerprint density at radius 3 is 1.38 bits per heavy atom. The fraction of sp³-hybridized carbons (Fsp3) is 1.00. The van der Waals surface area contributed by atoms with Gasteiger partial charge in [0.05, 0.1) is 26.4 Å². The number of hydrogen-bond acceptors (Lipinski definition) is 23. The summed E-state index contributed by atoms with van der Waals surface area (Å²) in [6.07, 6.45) is -37.6. The fourth-order valence-corrected chi connectivity index (χ4v) is 6.49. The zero-order chi connectivity index (χ0) is 37.2. The van der Waals surface area contributed by atoms with E-state index >= 15 is 0 Å². The number of hydrogen-bond donors (Lipinski definition) is 14. The van der Waals surface area contributed by atoms with Crippen LogP contribution in [0.5, 0.6) is 0 Å². The molecule has 4 heterocycles. The maximum absolute atomic E-state index is 13.0. The summed E-state index contributed by atoms with van der Waals surface area (Å²) in [7, 11) is -4.29. The van der Waals surface area contributed by atoms with E-state index in [-0.39, 0.29) is 0 Å². The molecule has 24 nitrogen and oxygen atoms in total. The highest BCUT2D eigenvalue weighted by Crippen LogP contribution is 2.48. The average Bonchev–Trinajstić information content (AvgIpc) is 3.09. The maximum Gasteiger partial charge on any atom is 0.474 e. The molecule has 4 fully saturated rings. The molecule has 0 aromatic carbocycles. The van der Waals surface area contributed by atoms with Crippen LogP contribution in [0.2, 0.25) is 0 Å². The summed E-state index contributed by atoms with van der Waals surface area (Å²) in [6, 6.07) is 0. The van der Waals surface area contributed by atoms with Crippen molar-refractivity contribution in [2.24, 2.45) is 0 Å². The summed E-state index contributed by atoms with van der Waals surface area (Å²) in [5, 5.41) is 133. The van der Waals surface area contributed by atoms with Gasteiger partial charge in [-0.25, -0.2) is 4.57 Å². The molecule has 4 aliphatic rings. The Hall–Kier alpha value is -0.690. The van der Waals surface area contributed by atoms with Gasteiger partial charge in [-0.05, 0) is 0 Å². The van der Waals surface area contributed by atoms with Crippen LogP contribution in [0.25, 0.3) is 0 Å². The molecular formula is C25H45O24P. The van der Waals surface area contributed by atoms with Crippen molar-refractivity contribution in [3.63, 3.8) is 0 Å². The molecular weight excluding hydrogens is 715 g/mol. The standard InChI is InChI=1S/C25H45O24P/c1-41-22-18(37)15(34)13(32)9(46-22)5-42-50(39,40)49-25-21(17(36)12(31)8(4-28)45-25)48-24-20(16(35)11(30)7(3-27)44-24)47-23-19(38)14(33)10(29)6(2-26)43-23/h6-38H,2-5H2,1H3,(H,39,40)/t6-,7-,8-,9-,10-,11-,12-,13-,14+,15+,16+,17+,18+,19+,20+,21+,22+,23+,24+,25-/m1/s1. The van der Waals surface area contributed by atoms with Gasteiger partial charge >= 0.3 is 7.82 Å². The highest BCUT2D eigenvalue weighted by Gasteiger charge is 2.55. The minimum Gasteiger partial charge on any atom is -0.394 e. The van der Waals surface area contributed by atoms with Gasteiger partial charge in [0.15, 0.2) is 25.2 Å². The van der Waals surface area contributed by atoms with Gasteiger partial charge in [-0.15, -0.1) is 0 Å². The largest absolute Gasteiger partial charge is 0.474 e. The predicted molar refractivity (Wildman–Crippen MR) is 150 cm³/mol. The molecule has 1 unspecified atom stereocenters. The Morgan fingerprint density at radius 2 is 0.880 bits per heavy atom. The molecule has 21 atom stereocenters. The molecule has 0 aliphatic carbocycles. The molecule has 0 aromatic heterocycles. The van der Waals surface area contributed by atoms with Crippen LogP contribution in [0.15, 0.2) is 0 Å². The van der Waals surface area contributed by atoms with Gasteiger partial charge in [0.2, 0.25) is 0 Å². The summed E-state index contributed by atoms with van der Waals surface area (Å²) >= 11 is 0. The molecule has 0 amide bonds. The Balaban J connectivity index is 1.56. The molecule has 0 aromatic rings. The molecule has 294 valence electrons. The van der Waals surface area contributed by atoms with E-state index < -0.39 is 157 Å². The zero-order valence-electron chi connectivity index (χ0n) is 26.2. The number of aliphatic hydroxyl groups is 13. The normalized spacial score (nSPS) is 50.1. The van der Waals surface area contributed by atoms with Crippen LogP contribution in [0.1, 0.15) is 0 Å². The molecule has 0 radical (unpaired) electrons. The van der Waals surface area contributed by atoms with Crippen LogP contribution < -0.4 is 0 Å². The van der Waals surface area contributed by atoms with E-state index in [2.05, 4.69) is 0 Å². The minimum absolute atomic E-state index is 0.872. The second kappa shape index (κ2) is 17.6. The van der Waals surface area contributed by atoms with Crippen LogP contribution in [0.3, 0.4) is 0 Å². The Kier molecular flexibility index (Phi) is 14.8. The van der Waals surface area contributed by atoms with Gasteiger partial charge in [0, 0.05) is 7.11 Å². The average molecular weight is 761 g/mol. The third-order valence-corrected chi connectivity index (χ3v) is 9.57. The number of ether oxygens (including phenoxy) is 7. The van der Waals surface area contributed by atoms with E-state index in [1.807, 2.05) is 0 Å². The van der Waals surface area contributed by atoms with Crippen LogP contribution in [-0.4, -0.2) is 228 Å². The SMILES string of the molecule is CO[C@H]1O[C@H](COP(=O)(O)O[C@H]2O[C@H](CO)[C@@H](O)[C@H](O)[C@@H]2O[C@@H]2O[C@H](CO)[C@@H](O)[C@H](O)[C@@H]2O[C@@H]2O[C@H](CO)[C@@H](O)[C@H](O)[C@@H]2O)[C@@H](O)[C@H](O)[C@@H]1O. The van der Waals surface area contributed by atoms with Crippen molar-refractivity contribution in [1.82, 2.24) is 0 Å². The van der Waals surface area contributed by atoms with Gasteiger partial charge in [-0.2, -0.15) is 0 Å². The Bertz CT molecular complexity index is 1100. The first-order valence-electron chi connectivity index (χ1n) is 15.2. The molecule has 0 bridgehead atoms. The topological polar surface area (TPSA) is 383 Å². The first-order valence-corrected chi connectivity index (χ1v) is 16.7. The Labute approximate surface area is 282 Å². The third-order valence-electron chi connectivity index (χ3n) is 8.62. The van der Waals surface area contributed by atoms with E-state index in [1.54, 1.807) is 0 Å². The summed E-state index contributed by atoms with van der Waals surface area (Å²) in [4.78, 5) is 10.5. The van der Waals surface area contributed by atoms with Gasteiger partial charge in [0.1, 0.15) is 97.7 Å². The summed E-state index contributed by atoms with van der Waals surface area (Å²) < 4.78 is 60.3.